The highest BCUT2D eigenvalue weighted by molar-refractivity contribution is 5.77. The van der Waals surface area contributed by atoms with Gasteiger partial charge in [-0.15, -0.1) is 0 Å². The number of urea groups is 1. The first-order valence-electron chi connectivity index (χ1n) is 11.2. The van der Waals surface area contributed by atoms with Gasteiger partial charge < -0.3 is 14.5 Å². The molecule has 0 aromatic rings. The lowest BCUT2D eigenvalue weighted by atomic mass is 9.77. The van der Waals surface area contributed by atoms with Crippen LogP contribution in [0.3, 0.4) is 0 Å². The van der Waals surface area contributed by atoms with E-state index in [2.05, 4.69) is 26.1 Å². The summed E-state index contributed by atoms with van der Waals surface area (Å²) in [7, 11) is 1.89. The van der Waals surface area contributed by atoms with Crippen LogP contribution in [0.25, 0.3) is 0 Å². The first-order valence-corrected chi connectivity index (χ1v) is 11.2. The second-order valence-electron chi connectivity index (χ2n) is 9.60. The maximum absolute atomic E-state index is 12.2. The topological polar surface area (TPSA) is 84.6 Å². The molecule has 0 bridgehead atoms. The van der Waals surface area contributed by atoms with Crippen LogP contribution in [0.5, 0.6) is 0 Å². The van der Waals surface area contributed by atoms with Crippen LogP contribution in [0.15, 0.2) is 0 Å². The molecule has 10 nitrogen and oxygen atoms in total. The van der Waals surface area contributed by atoms with Crippen molar-refractivity contribution in [3.63, 3.8) is 0 Å². The number of rotatable bonds is 3. The second kappa shape index (κ2) is 7.30. The number of amides is 2. The van der Waals surface area contributed by atoms with Gasteiger partial charge in [-0.25, -0.2) is 9.80 Å². The molecule has 6 rings (SSSR count). The number of nitrogens with one attached hydrogen (secondary N) is 3. The highest BCUT2D eigenvalue weighted by Gasteiger charge is 2.47. The highest BCUT2D eigenvalue weighted by Crippen LogP contribution is 2.38. The van der Waals surface area contributed by atoms with Crippen molar-refractivity contribution >= 4 is 6.03 Å². The molecule has 0 spiro atoms. The van der Waals surface area contributed by atoms with Gasteiger partial charge in [0, 0.05) is 45.8 Å². The van der Waals surface area contributed by atoms with Crippen LogP contribution in [-0.2, 0) is 9.57 Å². The lowest BCUT2D eigenvalue weighted by Crippen LogP contribution is -2.59. The predicted octanol–water partition coefficient (Wildman–Crippen LogP) is -1.22. The molecular formula is C19H33N7O3. The second-order valence-corrected chi connectivity index (χ2v) is 9.60. The van der Waals surface area contributed by atoms with Gasteiger partial charge in [-0.3, -0.25) is 20.5 Å². The van der Waals surface area contributed by atoms with E-state index < -0.39 is 0 Å². The summed E-state index contributed by atoms with van der Waals surface area (Å²) in [6.45, 7) is 6.11. The number of hydroxylamine groups is 1. The zero-order valence-corrected chi connectivity index (χ0v) is 17.1. The quantitative estimate of drug-likeness (QED) is 0.537. The number of ether oxygens (including phenoxy) is 1. The number of carbonyl (C=O) groups excluding carboxylic acids is 1. The normalized spacial score (nSPS) is 44.2. The Kier molecular flexibility index (Phi) is 4.71. The molecule has 1 saturated carbocycles. The first-order chi connectivity index (χ1) is 14.2. The molecule has 0 aromatic heterocycles. The number of nitrogens with zero attached hydrogens (tertiary/aromatic N) is 4. The lowest BCUT2D eigenvalue weighted by molar-refractivity contribution is -0.0969. The Morgan fingerprint density at radius 3 is 2.76 bits per heavy atom. The fourth-order valence-corrected chi connectivity index (χ4v) is 6.13. The number of carbonyl (C=O) groups is 1. The molecule has 3 N–H and O–H groups in total. The number of piperazine rings is 1. The van der Waals surface area contributed by atoms with E-state index in [9.17, 15) is 4.79 Å². The Bertz CT molecular complexity index is 649. The van der Waals surface area contributed by atoms with Crippen molar-refractivity contribution in [1.82, 2.24) is 35.9 Å². The van der Waals surface area contributed by atoms with Crippen LogP contribution in [0.2, 0.25) is 0 Å². The van der Waals surface area contributed by atoms with E-state index in [1.54, 1.807) is 0 Å². The minimum atomic E-state index is -0.112. The standard InChI is InChI=1S/C19H33N7O3/c1-23-8-14-9-24(4-5-25(14)19(23)27)18-21-17(22-29-18)12-2-3-13-7-20-26(16(13)6-12)15-10-28-11-15/h12-18,20-22H,2-11H2,1H3. The summed E-state index contributed by atoms with van der Waals surface area (Å²) in [5.41, 5.74) is 6.93. The third-order valence-electron chi connectivity index (χ3n) is 7.91. The van der Waals surface area contributed by atoms with E-state index in [1.807, 2.05) is 16.8 Å². The molecule has 6 aliphatic rings. The lowest BCUT2D eigenvalue weighted by Gasteiger charge is -2.42. The Hall–Kier alpha value is -1.01. The smallest absolute Gasteiger partial charge is 0.320 e. The van der Waals surface area contributed by atoms with Crippen molar-refractivity contribution in [2.75, 3.05) is 53.0 Å². The Balaban J connectivity index is 1.05. The molecule has 0 radical (unpaired) electrons. The van der Waals surface area contributed by atoms with E-state index in [1.165, 1.54) is 19.3 Å². The van der Waals surface area contributed by atoms with E-state index in [0.717, 1.165) is 51.9 Å². The number of hydrogen-bond donors (Lipinski definition) is 3. The number of likely N-dealkylation sites (N-methyl/N-ethyl adjacent to an activating group) is 1. The van der Waals surface area contributed by atoms with Gasteiger partial charge in [-0.05, 0) is 31.1 Å². The van der Waals surface area contributed by atoms with Crippen molar-refractivity contribution in [3.05, 3.63) is 0 Å². The van der Waals surface area contributed by atoms with Gasteiger partial charge in [0.05, 0.1) is 31.5 Å². The van der Waals surface area contributed by atoms with Gasteiger partial charge in [-0.2, -0.15) is 5.48 Å². The molecule has 5 heterocycles. The summed E-state index contributed by atoms with van der Waals surface area (Å²) < 4.78 is 5.42. The minimum absolute atomic E-state index is 0.112. The molecule has 5 aliphatic heterocycles. The maximum Gasteiger partial charge on any atom is 0.320 e. The van der Waals surface area contributed by atoms with Crippen molar-refractivity contribution < 1.29 is 14.4 Å². The van der Waals surface area contributed by atoms with Crippen molar-refractivity contribution in [3.8, 4) is 0 Å². The fourth-order valence-electron chi connectivity index (χ4n) is 6.13. The molecule has 6 atom stereocenters. The van der Waals surface area contributed by atoms with E-state index in [4.69, 9.17) is 9.57 Å². The van der Waals surface area contributed by atoms with Crippen molar-refractivity contribution in [2.45, 2.75) is 49.9 Å². The minimum Gasteiger partial charge on any atom is -0.378 e. The summed E-state index contributed by atoms with van der Waals surface area (Å²) in [6, 6.07) is 1.58. The van der Waals surface area contributed by atoms with Crippen LogP contribution < -0.4 is 16.2 Å². The first kappa shape index (κ1) is 18.7. The van der Waals surface area contributed by atoms with Gasteiger partial charge >= 0.3 is 6.03 Å². The van der Waals surface area contributed by atoms with Gasteiger partial charge in [0.2, 0.25) is 0 Å². The summed E-state index contributed by atoms with van der Waals surface area (Å²) in [4.78, 5) is 24.3. The molecule has 5 saturated heterocycles. The largest absolute Gasteiger partial charge is 0.378 e. The van der Waals surface area contributed by atoms with Crippen LogP contribution in [-0.4, -0.2) is 109 Å². The van der Waals surface area contributed by atoms with Gasteiger partial charge in [0.25, 0.3) is 0 Å². The van der Waals surface area contributed by atoms with Crippen molar-refractivity contribution in [1.29, 1.82) is 0 Å². The summed E-state index contributed by atoms with van der Waals surface area (Å²) in [5, 5.41) is 6.18. The molecule has 6 fully saturated rings. The molecule has 6 unspecified atom stereocenters. The maximum atomic E-state index is 12.2. The Morgan fingerprint density at radius 1 is 1.07 bits per heavy atom. The molecular weight excluding hydrogens is 374 g/mol. The van der Waals surface area contributed by atoms with E-state index in [0.29, 0.717) is 18.0 Å². The van der Waals surface area contributed by atoms with Crippen LogP contribution in [0.1, 0.15) is 19.3 Å². The molecule has 162 valence electrons. The number of fused-ring (bicyclic) bond motifs is 2. The zero-order valence-electron chi connectivity index (χ0n) is 17.1. The fraction of sp³-hybridized carbons (Fsp3) is 0.947. The third-order valence-corrected chi connectivity index (χ3v) is 7.91. The molecule has 1 aliphatic carbocycles. The van der Waals surface area contributed by atoms with Crippen LogP contribution in [0.4, 0.5) is 4.79 Å². The molecule has 29 heavy (non-hydrogen) atoms. The molecule has 0 aromatic carbocycles. The van der Waals surface area contributed by atoms with Gasteiger partial charge in [-0.1, -0.05) is 0 Å². The predicted molar refractivity (Wildman–Crippen MR) is 104 cm³/mol. The van der Waals surface area contributed by atoms with E-state index in [-0.39, 0.29) is 24.6 Å². The zero-order chi connectivity index (χ0) is 19.5. The average Bonchev–Trinajstić information content (AvgIpc) is 3.39. The van der Waals surface area contributed by atoms with Crippen molar-refractivity contribution in [2.24, 2.45) is 11.8 Å². The Morgan fingerprint density at radius 2 is 1.93 bits per heavy atom. The van der Waals surface area contributed by atoms with Crippen LogP contribution in [0, 0.1) is 11.8 Å². The third kappa shape index (κ3) is 3.16. The Labute approximate surface area is 171 Å². The monoisotopic (exact) mass is 407 g/mol. The summed E-state index contributed by atoms with van der Waals surface area (Å²) in [5.74, 6) is 1.32. The number of hydrogen-bond acceptors (Lipinski definition) is 8. The van der Waals surface area contributed by atoms with E-state index >= 15 is 0 Å². The molecule has 2 amide bonds. The number of hydrazine groups is 1. The average molecular weight is 408 g/mol. The van der Waals surface area contributed by atoms with Gasteiger partial charge in [0.1, 0.15) is 0 Å². The van der Waals surface area contributed by atoms with Gasteiger partial charge in [0.15, 0.2) is 6.35 Å². The van der Waals surface area contributed by atoms with Crippen LogP contribution >= 0.6 is 0 Å². The SMILES string of the molecule is CN1CC2CN(C3NC(C4CCC5CNN(C6COC6)C5C4)NO3)CCN2C1=O. The highest BCUT2D eigenvalue weighted by atomic mass is 16.7. The molecule has 10 heteroatoms. The summed E-state index contributed by atoms with van der Waals surface area (Å²) in [6.07, 6.45) is 3.76. The summed E-state index contributed by atoms with van der Waals surface area (Å²) >= 11 is 0.